The fourth-order valence-corrected chi connectivity index (χ4v) is 14.8. The Morgan fingerprint density at radius 2 is 1.38 bits per heavy atom. The molecule has 0 aromatic carbocycles. The first kappa shape index (κ1) is 50.0. The topological polar surface area (TPSA) is 295 Å². The molecule has 18 heteroatoms. The minimum Gasteiger partial charge on any atom is -0.481 e. The van der Waals surface area contributed by atoms with Gasteiger partial charge in [-0.05, 0) is 103 Å². The van der Waals surface area contributed by atoms with E-state index in [1.54, 1.807) is 0 Å². The van der Waals surface area contributed by atoms with Crippen molar-refractivity contribution in [2.45, 2.75) is 211 Å². The summed E-state index contributed by atoms with van der Waals surface area (Å²) in [5, 5.41) is 120. The molecule has 4 saturated carbocycles. The van der Waals surface area contributed by atoms with Gasteiger partial charge in [-0.1, -0.05) is 60.1 Å². The molecule has 0 aromatic rings. The van der Waals surface area contributed by atoms with Gasteiger partial charge in [0, 0.05) is 0 Å². The number of aliphatic carboxylic acids is 1. The summed E-state index contributed by atoms with van der Waals surface area (Å²) < 4.78 is 35.7. The second-order valence-electron chi connectivity index (χ2n) is 23.2. The van der Waals surface area contributed by atoms with Crippen LogP contribution in [-0.4, -0.2) is 180 Å². The Labute approximate surface area is 380 Å². The van der Waals surface area contributed by atoms with Crippen molar-refractivity contribution in [3.63, 3.8) is 0 Å². The summed E-state index contributed by atoms with van der Waals surface area (Å²) in [5.41, 5.74) is -2.31. The number of allylic oxidation sites excluding steroid dienone is 2. The van der Waals surface area contributed by atoms with Crippen molar-refractivity contribution in [3.05, 3.63) is 11.6 Å². The van der Waals surface area contributed by atoms with Crippen molar-refractivity contribution >= 4 is 5.97 Å². The second kappa shape index (κ2) is 17.2. The lowest BCUT2D eigenvalue weighted by molar-refractivity contribution is -0.365. The van der Waals surface area contributed by atoms with Crippen LogP contribution in [0.4, 0.5) is 0 Å². The molecule has 3 heterocycles. The Kier molecular flexibility index (Phi) is 13.2. The Morgan fingerprint density at radius 1 is 0.708 bits per heavy atom. The molecule has 1 unspecified atom stereocenters. The summed E-state index contributed by atoms with van der Waals surface area (Å²) in [7, 11) is 0. The molecular formula is C47H76O18. The zero-order chi connectivity index (χ0) is 47.7. The molecule has 18 nitrogen and oxygen atoms in total. The number of carboxylic acid groups (broad SMARTS) is 1. The molecule has 11 N–H and O–H groups in total. The van der Waals surface area contributed by atoms with E-state index in [1.165, 1.54) is 6.92 Å². The largest absolute Gasteiger partial charge is 0.481 e. The van der Waals surface area contributed by atoms with E-state index in [-0.39, 0.29) is 35.7 Å². The minimum atomic E-state index is -1.72. The molecule has 0 spiro atoms. The maximum atomic E-state index is 13.2. The molecule has 0 amide bonds. The third-order valence-corrected chi connectivity index (χ3v) is 19.1. The molecule has 65 heavy (non-hydrogen) atoms. The summed E-state index contributed by atoms with van der Waals surface area (Å²) in [6, 6.07) is 0. The average molecular weight is 929 g/mol. The third-order valence-electron chi connectivity index (χ3n) is 19.1. The number of hydrogen-bond donors (Lipinski definition) is 11. The highest BCUT2D eigenvalue weighted by molar-refractivity contribution is 5.78. The van der Waals surface area contributed by atoms with E-state index in [9.17, 15) is 61.0 Å². The molecule has 8 rings (SSSR count). The van der Waals surface area contributed by atoms with E-state index >= 15 is 0 Å². The SMILES string of the molecule is C[C@H]1O[C@@H](OC[C@H]2O[C@@H](O[C@H]3CC[C@@]4(C)C(CC[C@]5(C)[C@@H]4CC=C4[C@@H]6CC(C)(C)[C@@H](O)C[C@]6(C(=O)O)[C@H](O)C[C@]45C)C3(C)C)[C@H](O)[C@@H](O)[C@@H]2O)[C@H](O[C@@H]2OC[C@@H](O)[C@H](O)[C@H]2O)[C@@H](O)[C@H]1O. The summed E-state index contributed by atoms with van der Waals surface area (Å²) in [5.74, 6) is -1.14. The number of carbonyl (C=O) groups is 1. The lowest BCUT2D eigenvalue weighted by Crippen LogP contribution is -2.68. The lowest BCUT2D eigenvalue weighted by Gasteiger charge is -2.72. The van der Waals surface area contributed by atoms with Gasteiger partial charge in [-0.3, -0.25) is 4.79 Å². The van der Waals surface area contributed by atoms with E-state index < -0.39 is 144 Å². The van der Waals surface area contributed by atoms with Crippen LogP contribution in [0, 0.1) is 50.2 Å². The normalized spacial score (nSPS) is 55.1. The van der Waals surface area contributed by atoms with Crippen molar-refractivity contribution in [1.29, 1.82) is 0 Å². The van der Waals surface area contributed by atoms with Crippen molar-refractivity contribution in [1.82, 2.24) is 0 Å². The predicted octanol–water partition coefficient (Wildman–Crippen LogP) is 0.315. The molecule has 0 aromatic heterocycles. The molecule has 24 atom stereocenters. The van der Waals surface area contributed by atoms with Crippen molar-refractivity contribution < 1.29 is 89.4 Å². The van der Waals surface area contributed by atoms with Crippen molar-refractivity contribution in [2.75, 3.05) is 13.2 Å². The van der Waals surface area contributed by atoms with Crippen molar-refractivity contribution in [2.24, 2.45) is 50.2 Å². The van der Waals surface area contributed by atoms with Crippen LogP contribution in [0.15, 0.2) is 11.6 Å². The molecule has 0 bridgehead atoms. The summed E-state index contributed by atoms with van der Waals surface area (Å²) in [6.45, 7) is 15.8. The van der Waals surface area contributed by atoms with Crippen LogP contribution in [0.3, 0.4) is 0 Å². The van der Waals surface area contributed by atoms with Gasteiger partial charge in [0.05, 0.1) is 37.6 Å². The highest BCUT2D eigenvalue weighted by Crippen LogP contribution is 2.76. The van der Waals surface area contributed by atoms with Gasteiger partial charge < -0.3 is 84.6 Å². The molecule has 3 aliphatic heterocycles. The summed E-state index contributed by atoms with van der Waals surface area (Å²) in [4.78, 5) is 13.2. The van der Waals surface area contributed by atoms with Gasteiger partial charge in [0.2, 0.25) is 0 Å². The zero-order valence-corrected chi connectivity index (χ0v) is 39.0. The van der Waals surface area contributed by atoms with Crippen LogP contribution < -0.4 is 0 Å². The quantitative estimate of drug-likeness (QED) is 0.115. The summed E-state index contributed by atoms with van der Waals surface area (Å²) >= 11 is 0. The van der Waals surface area contributed by atoms with E-state index in [2.05, 4.69) is 40.7 Å². The fraction of sp³-hybridized carbons (Fsp3) is 0.936. The molecule has 0 radical (unpaired) electrons. The standard InChI is InChI=1S/C47H76O18/c1-20-30(51)34(55)37(65-38-35(56)31(52)23(48)18-60-38)40(62-20)61-19-24-32(53)33(54)36(57)39(63-24)64-29-12-13-44(6)25(43(29,4)5)11-14-45(7)26(44)10-9-21-22-15-42(2,3)27(49)17-47(22,41(58)59)28(50)16-46(21,45)8/h9,20,22-40,48-57H,10-19H2,1-8H3,(H,58,59)/t20-,22+,23-,24-,25?,26-,27+,28-,29+,30+,31+,32-,33+,34+,35-,36-,37-,38+,39+,40-,44+,45-,46-,47-/m1/s1. The summed E-state index contributed by atoms with van der Waals surface area (Å²) in [6.07, 6.45) is -16.5. The van der Waals surface area contributed by atoms with Crippen LogP contribution in [0.1, 0.15) is 107 Å². The van der Waals surface area contributed by atoms with Crippen molar-refractivity contribution in [3.8, 4) is 0 Å². The Hall–Kier alpha value is -1.43. The molecular weight excluding hydrogens is 852 g/mol. The number of rotatable bonds is 8. The average Bonchev–Trinajstić information content (AvgIpc) is 3.22. The molecule has 8 aliphatic rings. The minimum absolute atomic E-state index is 0.00745. The number of hydrogen-bond acceptors (Lipinski definition) is 17. The number of carboxylic acids is 1. The van der Waals surface area contributed by atoms with Crippen LogP contribution in [0.25, 0.3) is 0 Å². The molecule has 7 fully saturated rings. The maximum Gasteiger partial charge on any atom is 0.312 e. The van der Waals surface area contributed by atoms with Gasteiger partial charge in [0.1, 0.15) is 66.5 Å². The third kappa shape index (κ3) is 7.62. The van der Waals surface area contributed by atoms with E-state index in [0.717, 1.165) is 31.3 Å². The molecule has 3 saturated heterocycles. The Balaban J connectivity index is 0.979. The number of aliphatic hydroxyl groups is 10. The van der Waals surface area contributed by atoms with Crippen LogP contribution in [-0.2, 0) is 33.2 Å². The monoisotopic (exact) mass is 929 g/mol. The first-order valence-electron chi connectivity index (χ1n) is 23.8. The van der Waals surface area contributed by atoms with Gasteiger partial charge >= 0.3 is 5.97 Å². The van der Waals surface area contributed by atoms with Gasteiger partial charge in [-0.2, -0.15) is 0 Å². The highest BCUT2D eigenvalue weighted by Gasteiger charge is 2.72. The zero-order valence-electron chi connectivity index (χ0n) is 39.0. The fourth-order valence-electron chi connectivity index (χ4n) is 14.8. The van der Waals surface area contributed by atoms with Gasteiger partial charge in [0.15, 0.2) is 18.9 Å². The van der Waals surface area contributed by atoms with Crippen LogP contribution in [0.2, 0.25) is 0 Å². The Bertz CT molecular complexity index is 1800. The highest BCUT2D eigenvalue weighted by atomic mass is 16.8. The van der Waals surface area contributed by atoms with Gasteiger partial charge in [-0.15, -0.1) is 0 Å². The first-order chi connectivity index (χ1) is 30.2. The molecule has 372 valence electrons. The number of fused-ring (bicyclic) bond motifs is 7. The van der Waals surface area contributed by atoms with E-state index in [0.29, 0.717) is 19.3 Å². The van der Waals surface area contributed by atoms with Gasteiger partial charge in [0.25, 0.3) is 0 Å². The first-order valence-corrected chi connectivity index (χ1v) is 23.8. The number of aliphatic hydroxyl groups excluding tert-OH is 10. The maximum absolute atomic E-state index is 13.2. The van der Waals surface area contributed by atoms with E-state index in [4.69, 9.17) is 28.4 Å². The van der Waals surface area contributed by atoms with E-state index in [1.807, 2.05) is 13.8 Å². The molecule has 5 aliphatic carbocycles. The Morgan fingerprint density at radius 3 is 2.06 bits per heavy atom. The predicted molar refractivity (Wildman–Crippen MR) is 226 cm³/mol. The number of ether oxygens (including phenoxy) is 6. The lowest BCUT2D eigenvalue weighted by atomic mass is 9.33. The van der Waals surface area contributed by atoms with Crippen LogP contribution in [0.5, 0.6) is 0 Å². The van der Waals surface area contributed by atoms with Crippen LogP contribution >= 0.6 is 0 Å². The second-order valence-corrected chi connectivity index (χ2v) is 23.2. The van der Waals surface area contributed by atoms with Gasteiger partial charge in [-0.25, -0.2) is 0 Å². The smallest absolute Gasteiger partial charge is 0.312 e.